The third-order valence-corrected chi connectivity index (χ3v) is 7.46. The Bertz CT molecular complexity index is 940. The number of carbonyl (C=O) groups excluding carboxylic acids is 1. The van der Waals surface area contributed by atoms with E-state index in [2.05, 4.69) is 5.10 Å². The van der Waals surface area contributed by atoms with Gasteiger partial charge in [0.15, 0.2) is 0 Å². The molecule has 158 valence electrons. The van der Waals surface area contributed by atoms with Gasteiger partial charge in [0.25, 0.3) is 0 Å². The molecule has 0 spiro atoms. The van der Waals surface area contributed by atoms with Crippen LogP contribution in [-0.2, 0) is 27.1 Å². The first-order valence-electron chi connectivity index (χ1n) is 10.0. The second-order valence-electron chi connectivity index (χ2n) is 7.81. The number of aryl methyl sites for hydroxylation is 2. The standard InChI is InChI=1S/C21H30N4O3S/c1-17-14-18(2)25(22-17)15-21(26)24-12-7-10-20(11-13-24)23(3)29(27,28)16-19-8-5-4-6-9-19/h4-6,8-9,14,20H,7,10-13,15-16H2,1-3H3/t20-/m1/s1. The van der Waals surface area contributed by atoms with Gasteiger partial charge in [0.2, 0.25) is 15.9 Å². The van der Waals surface area contributed by atoms with Gasteiger partial charge in [0.1, 0.15) is 6.54 Å². The summed E-state index contributed by atoms with van der Waals surface area (Å²) in [6.45, 7) is 5.30. The van der Waals surface area contributed by atoms with E-state index in [1.807, 2.05) is 55.1 Å². The molecule has 1 aromatic carbocycles. The van der Waals surface area contributed by atoms with Crippen molar-refractivity contribution in [2.45, 2.75) is 51.4 Å². The first-order valence-corrected chi connectivity index (χ1v) is 11.7. The lowest BCUT2D eigenvalue weighted by Gasteiger charge is -2.27. The summed E-state index contributed by atoms with van der Waals surface area (Å²) in [6, 6.07) is 11.1. The van der Waals surface area contributed by atoms with E-state index in [-0.39, 0.29) is 24.2 Å². The van der Waals surface area contributed by atoms with Gasteiger partial charge < -0.3 is 4.90 Å². The van der Waals surface area contributed by atoms with Crippen LogP contribution in [0.25, 0.3) is 0 Å². The molecule has 2 heterocycles. The van der Waals surface area contributed by atoms with Crippen molar-refractivity contribution in [3.05, 3.63) is 53.3 Å². The highest BCUT2D eigenvalue weighted by Crippen LogP contribution is 2.21. The van der Waals surface area contributed by atoms with Gasteiger partial charge in [0.05, 0.1) is 11.4 Å². The summed E-state index contributed by atoms with van der Waals surface area (Å²) in [5.74, 6) is 0.0353. The average Bonchev–Trinajstić information content (AvgIpc) is 2.86. The van der Waals surface area contributed by atoms with Gasteiger partial charge in [-0.2, -0.15) is 5.10 Å². The van der Waals surface area contributed by atoms with Crippen LogP contribution in [0.2, 0.25) is 0 Å². The van der Waals surface area contributed by atoms with Gasteiger partial charge in [-0.25, -0.2) is 12.7 Å². The van der Waals surface area contributed by atoms with Crippen LogP contribution in [0.4, 0.5) is 0 Å². The lowest BCUT2D eigenvalue weighted by molar-refractivity contribution is -0.132. The summed E-state index contributed by atoms with van der Waals surface area (Å²) < 4.78 is 28.9. The predicted octanol–water partition coefficient (Wildman–Crippen LogP) is 2.34. The lowest BCUT2D eigenvalue weighted by Crippen LogP contribution is -2.39. The zero-order chi connectivity index (χ0) is 21.0. The molecular weight excluding hydrogens is 388 g/mol. The minimum absolute atomic E-state index is 0.00140. The SMILES string of the molecule is Cc1cc(C)n(CC(=O)N2CCC[C@@H](N(C)S(=O)(=O)Cc3ccccc3)CC2)n1. The molecule has 0 radical (unpaired) electrons. The molecule has 7 nitrogen and oxygen atoms in total. The van der Waals surface area contributed by atoms with E-state index in [1.54, 1.807) is 11.7 Å². The summed E-state index contributed by atoms with van der Waals surface area (Å²) in [5, 5.41) is 4.37. The van der Waals surface area contributed by atoms with Crippen LogP contribution < -0.4 is 0 Å². The maximum Gasteiger partial charge on any atom is 0.244 e. The van der Waals surface area contributed by atoms with E-state index >= 15 is 0 Å². The zero-order valence-electron chi connectivity index (χ0n) is 17.4. The van der Waals surface area contributed by atoms with E-state index < -0.39 is 10.0 Å². The van der Waals surface area contributed by atoms with Gasteiger partial charge in [-0.1, -0.05) is 30.3 Å². The first-order chi connectivity index (χ1) is 13.8. The molecule has 1 atom stereocenters. The monoisotopic (exact) mass is 418 g/mol. The molecular formula is C21H30N4O3S. The van der Waals surface area contributed by atoms with Crippen LogP contribution >= 0.6 is 0 Å². The molecule has 8 heteroatoms. The Labute approximate surface area is 173 Å². The fraction of sp³-hybridized carbons (Fsp3) is 0.524. The van der Waals surface area contributed by atoms with Gasteiger partial charge in [0, 0.05) is 31.9 Å². The predicted molar refractivity (Wildman–Crippen MR) is 113 cm³/mol. The Balaban J connectivity index is 1.60. The Morgan fingerprint density at radius 2 is 1.90 bits per heavy atom. The molecule has 1 amide bonds. The molecule has 1 aliphatic rings. The van der Waals surface area contributed by atoms with Crippen LogP contribution in [0.15, 0.2) is 36.4 Å². The van der Waals surface area contributed by atoms with Crippen molar-refractivity contribution in [2.24, 2.45) is 0 Å². The maximum absolute atomic E-state index is 12.8. The number of likely N-dealkylation sites (tertiary alicyclic amines) is 1. The average molecular weight is 419 g/mol. The molecule has 0 unspecified atom stereocenters. The molecule has 29 heavy (non-hydrogen) atoms. The highest BCUT2D eigenvalue weighted by atomic mass is 32.2. The Morgan fingerprint density at radius 3 is 2.55 bits per heavy atom. The largest absolute Gasteiger partial charge is 0.341 e. The minimum atomic E-state index is -3.40. The molecule has 0 saturated carbocycles. The Hall–Kier alpha value is -2.19. The second-order valence-corrected chi connectivity index (χ2v) is 9.84. The Kier molecular flexibility index (Phi) is 6.74. The Morgan fingerprint density at radius 1 is 1.17 bits per heavy atom. The second kappa shape index (κ2) is 9.09. The van der Waals surface area contributed by atoms with Crippen molar-refractivity contribution in [3.63, 3.8) is 0 Å². The highest BCUT2D eigenvalue weighted by Gasteiger charge is 2.29. The van der Waals surface area contributed by atoms with E-state index in [1.165, 1.54) is 4.31 Å². The molecule has 3 rings (SSSR count). The molecule has 2 aromatic rings. The zero-order valence-corrected chi connectivity index (χ0v) is 18.2. The topological polar surface area (TPSA) is 75.5 Å². The number of benzene rings is 1. The third kappa shape index (κ3) is 5.45. The maximum atomic E-state index is 12.8. The normalized spacial score (nSPS) is 18.1. The fourth-order valence-electron chi connectivity index (χ4n) is 3.87. The molecule has 0 bridgehead atoms. The van der Waals surface area contributed by atoms with Gasteiger partial charge in [-0.05, 0) is 44.7 Å². The first kappa shape index (κ1) is 21.5. The number of aromatic nitrogens is 2. The van der Waals surface area contributed by atoms with E-state index in [4.69, 9.17) is 0 Å². The number of amides is 1. The summed E-state index contributed by atoms with van der Waals surface area (Å²) in [5.41, 5.74) is 2.65. The van der Waals surface area contributed by atoms with Crippen molar-refractivity contribution in [1.82, 2.24) is 19.0 Å². The quantitative estimate of drug-likeness (QED) is 0.722. The van der Waals surface area contributed by atoms with Crippen molar-refractivity contribution < 1.29 is 13.2 Å². The summed E-state index contributed by atoms with van der Waals surface area (Å²) in [6.07, 6.45) is 2.19. The summed E-state index contributed by atoms with van der Waals surface area (Å²) in [7, 11) is -1.74. The van der Waals surface area contributed by atoms with Crippen molar-refractivity contribution in [1.29, 1.82) is 0 Å². The van der Waals surface area contributed by atoms with Crippen LogP contribution in [0.3, 0.4) is 0 Å². The van der Waals surface area contributed by atoms with Crippen molar-refractivity contribution in [2.75, 3.05) is 20.1 Å². The molecule has 1 fully saturated rings. The highest BCUT2D eigenvalue weighted by molar-refractivity contribution is 7.88. The van der Waals surface area contributed by atoms with E-state index in [0.29, 0.717) is 19.5 Å². The van der Waals surface area contributed by atoms with Crippen LogP contribution in [0, 0.1) is 13.8 Å². The minimum Gasteiger partial charge on any atom is -0.341 e. The molecule has 0 aliphatic carbocycles. The summed E-state index contributed by atoms with van der Waals surface area (Å²) >= 11 is 0. The molecule has 1 aromatic heterocycles. The number of hydrogen-bond acceptors (Lipinski definition) is 4. The third-order valence-electron chi connectivity index (χ3n) is 5.58. The smallest absolute Gasteiger partial charge is 0.244 e. The number of nitrogens with zero attached hydrogens (tertiary/aromatic N) is 4. The number of sulfonamides is 1. The summed E-state index contributed by atoms with van der Waals surface area (Å²) in [4.78, 5) is 14.6. The van der Waals surface area contributed by atoms with Gasteiger partial charge >= 0.3 is 0 Å². The number of hydrogen-bond donors (Lipinski definition) is 0. The van der Waals surface area contributed by atoms with Crippen molar-refractivity contribution in [3.8, 4) is 0 Å². The van der Waals surface area contributed by atoms with E-state index in [9.17, 15) is 13.2 Å². The number of carbonyl (C=O) groups is 1. The van der Waals surface area contributed by atoms with Crippen LogP contribution in [0.1, 0.15) is 36.2 Å². The van der Waals surface area contributed by atoms with Crippen LogP contribution in [-0.4, -0.2) is 59.5 Å². The molecule has 0 N–H and O–H groups in total. The van der Waals surface area contributed by atoms with Crippen molar-refractivity contribution >= 4 is 15.9 Å². The number of rotatable bonds is 6. The fourth-order valence-corrected chi connectivity index (χ4v) is 5.35. The molecule has 1 saturated heterocycles. The van der Waals surface area contributed by atoms with Gasteiger partial charge in [-0.3, -0.25) is 9.48 Å². The van der Waals surface area contributed by atoms with Gasteiger partial charge in [-0.15, -0.1) is 0 Å². The molecule has 1 aliphatic heterocycles. The van der Waals surface area contributed by atoms with Crippen LogP contribution in [0.5, 0.6) is 0 Å². The lowest BCUT2D eigenvalue weighted by atomic mass is 10.1. The van der Waals surface area contributed by atoms with E-state index in [0.717, 1.165) is 29.8 Å².